The summed E-state index contributed by atoms with van der Waals surface area (Å²) in [6, 6.07) is 0. The van der Waals surface area contributed by atoms with E-state index in [1.807, 2.05) is 0 Å². The summed E-state index contributed by atoms with van der Waals surface area (Å²) in [4.78, 5) is 0. The van der Waals surface area contributed by atoms with Crippen LogP contribution in [0.25, 0.3) is 0 Å². The number of hydrogen-bond donors (Lipinski definition) is 5. The minimum absolute atomic E-state index is 0. The molecule has 1 aliphatic carbocycles. The summed E-state index contributed by atoms with van der Waals surface area (Å²) >= 11 is 0. The molecular weight excluding hydrogens is 808 g/mol. The van der Waals surface area contributed by atoms with Gasteiger partial charge in [0.15, 0.2) is 30.4 Å². The normalized spacial score (nSPS) is 13.1. The van der Waals surface area contributed by atoms with E-state index in [0.29, 0.717) is 5.92 Å². The predicted molar refractivity (Wildman–Crippen MR) is 106 cm³/mol. The molecule has 1 radical (unpaired) electrons. The molecule has 243 valence electrons. The predicted octanol–water partition coefficient (Wildman–Crippen LogP) is 2.37. The number of ether oxygens (including phenoxy) is 1. The van der Waals surface area contributed by atoms with Crippen LogP contribution in [0.15, 0.2) is 12.2 Å². The van der Waals surface area contributed by atoms with Crippen LogP contribution in [0.2, 0.25) is 0 Å². The zero-order valence-electron chi connectivity index (χ0n) is 18.8. The quantitative estimate of drug-likeness (QED) is 0.151. The second-order valence-electron chi connectivity index (χ2n) is 4.77. The average Bonchev–Trinajstić information content (AvgIpc) is 2.96. The summed E-state index contributed by atoms with van der Waals surface area (Å²) in [6.45, 7) is 0.868. The van der Waals surface area contributed by atoms with Crippen LogP contribution >= 0.6 is 0 Å². The molecule has 0 aromatic carbocycles. The molecule has 1 atom stereocenters. The largest absolute Gasteiger partial charge is 0.741 e. The number of methoxy groups -OCH3 is 1. The van der Waals surface area contributed by atoms with Crippen molar-refractivity contribution in [2.45, 2.75) is 22.9 Å². The van der Waals surface area contributed by atoms with Crippen LogP contribution in [-0.2, 0) is 54.9 Å². The Bertz CT molecular complexity index is 804. The van der Waals surface area contributed by atoms with E-state index in [1.54, 1.807) is 7.11 Å². The second kappa shape index (κ2) is 23.0. The first-order valence-electron chi connectivity index (χ1n) is 6.73. The Morgan fingerprint density at radius 2 is 0.895 bits per heavy atom. The van der Waals surface area contributed by atoms with Crippen molar-refractivity contribution in [1.82, 2.24) is 30.8 Å². The van der Waals surface area contributed by atoms with Crippen LogP contribution in [-0.4, -0.2) is 69.2 Å². The van der Waals surface area contributed by atoms with Crippen LogP contribution in [0.5, 0.6) is 0 Å². The van der Waals surface area contributed by atoms with E-state index in [2.05, 4.69) is 18.6 Å². The van der Waals surface area contributed by atoms with E-state index < -0.39 is 46.9 Å². The molecule has 0 aromatic rings. The fourth-order valence-corrected chi connectivity index (χ4v) is 0.905. The van der Waals surface area contributed by atoms with Crippen LogP contribution in [0, 0.1) is 12.3 Å². The molecular formula is C10H26F9N5O10OsS3-3. The first-order chi connectivity index (χ1) is 13.7. The Hall–Kier alpha value is -0.764. The minimum atomic E-state index is -6.09. The van der Waals surface area contributed by atoms with E-state index in [0.717, 1.165) is 13.0 Å². The average molecular weight is 834 g/mol. The van der Waals surface area contributed by atoms with E-state index in [-0.39, 0.29) is 50.5 Å². The summed E-state index contributed by atoms with van der Waals surface area (Å²) in [5.41, 5.74) is -16.9. The first kappa shape index (κ1) is 61.3. The van der Waals surface area contributed by atoms with E-state index in [4.69, 9.17) is 43.6 Å². The standard InChI is InChI=1S/C7H11O.3CHF3O3S.5H3N.Os/c1-8-6-7-4-2-3-5-7;3*2-1(3,4)8(5,6)7;;;;;;/h2-4,7H,5-6H2,1H3;3*(H,5,6,7);5*1H3;/p-3. The number of alkyl halides is 9. The number of allylic oxidation sites excluding steroid dienone is 2. The van der Waals surface area contributed by atoms with Crippen molar-refractivity contribution in [1.29, 1.82) is 0 Å². The summed E-state index contributed by atoms with van der Waals surface area (Å²) in [5, 5.41) is 0. The third-order valence-electron chi connectivity index (χ3n) is 2.19. The molecule has 1 unspecified atom stereocenters. The van der Waals surface area contributed by atoms with Gasteiger partial charge in [0.2, 0.25) is 0 Å². The molecule has 0 bridgehead atoms. The van der Waals surface area contributed by atoms with Gasteiger partial charge in [-0.2, -0.15) is 39.5 Å². The third kappa shape index (κ3) is 31.5. The van der Waals surface area contributed by atoms with E-state index in [9.17, 15) is 39.5 Å². The molecule has 0 saturated heterocycles. The smallest absolute Gasteiger partial charge is 0.485 e. The van der Waals surface area contributed by atoms with Crippen molar-refractivity contribution in [2.75, 3.05) is 13.7 Å². The Morgan fingerprint density at radius 1 is 0.684 bits per heavy atom. The zero-order chi connectivity index (χ0) is 26.8. The van der Waals surface area contributed by atoms with Gasteiger partial charge in [-0.05, 0) is 18.8 Å². The molecule has 0 spiro atoms. The number of hydrogen-bond acceptors (Lipinski definition) is 15. The van der Waals surface area contributed by atoms with Crippen molar-refractivity contribution in [3.05, 3.63) is 18.6 Å². The van der Waals surface area contributed by atoms with Crippen molar-refractivity contribution in [3.63, 3.8) is 0 Å². The molecule has 15 N–H and O–H groups in total. The van der Waals surface area contributed by atoms with E-state index in [1.165, 1.54) is 0 Å². The maximum absolute atomic E-state index is 10.7. The molecule has 15 nitrogen and oxygen atoms in total. The maximum atomic E-state index is 10.7. The second-order valence-corrected chi connectivity index (χ2v) is 8.88. The maximum Gasteiger partial charge on any atom is 0.485 e. The Morgan fingerprint density at radius 3 is 1.00 bits per heavy atom. The SMILES string of the molecule is COCC1[CH]C=CC1.N.N.N.N.N.O=S(=O)([O-])C(F)(F)F.O=S(=O)([O-])C(F)(F)F.O=S(=O)([O-])C(F)(F)F.[Os]. The molecule has 38 heavy (non-hydrogen) atoms. The molecule has 0 aromatic heterocycles. The Labute approximate surface area is 225 Å². The van der Waals surface area contributed by atoms with Gasteiger partial charge < -0.3 is 49.1 Å². The van der Waals surface area contributed by atoms with Gasteiger partial charge in [-0.3, -0.25) is 0 Å². The molecule has 28 heteroatoms. The topological polar surface area (TPSA) is 356 Å². The molecule has 0 aliphatic heterocycles. The van der Waals surface area contributed by atoms with Gasteiger partial charge in [0.05, 0.1) is 0 Å². The number of halogens is 9. The van der Waals surface area contributed by atoms with Gasteiger partial charge in [-0.25, -0.2) is 25.3 Å². The van der Waals surface area contributed by atoms with Crippen LogP contribution in [0.1, 0.15) is 6.42 Å². The molecule has 1 rings (SSSR count). The van der Waals surface area contributed by atoms with Crippen molar-refractivity contribution < 1.29 is 103 Å². The first-order valence-corrected chi connectivity index (χ1v) is 11.0. The molecule has 0 fully saturated rings. The Kier molecular flexibility index (Phi) is 37.1. The summed E-state index contributed by atoms with van der Waals surface area (Å²) in [5.74, 6) is 0.653. The monoisotopic (exact) mass is 835 g/mol. The van der Waals surface area contributed by atoms with E-state index >= 15 is 0 Å². The van der Waals surface area contributed by atoms with Crippen LogP contribution in [0.4, 0.5) is 39.5 Å². The molecule has 0 heterocycles. The van der Waals surface area contributed by atoms with Gasteiger partial charge >= 0.3 is 16.5 Å². The van der Waals surface area contributed by atoms with Gasteiger partial charge in [0, 0.05) is 33.5 Å². The zero-order valence-corrected chi connectivity index (χ0v) is 23.8. The van der Waals surface area contributed by atoms with Crippen LogP contribution in [0.3, 0.4) is 0 Å². The van der Waals surface area contributed by atoms with Crippen LogP contribution < -0.4 is 30.8 Å². The van der Waals surface area contributed by atoms with Crippen molar-refractivity contribution in [2.24, 2.45) is 5.92 Å². The molecule has 1 aliphatic rings. The summed E-state index contributed by atoms with van der Waals surface area (Å²) < 4.78 is 182. The van der Waals surface area contributed by atoms with Gasteiger partial charge in [0.1, 0.15) is 0 Å². The minimum Gasteiger partial charge on any atom is -0.741 e. The summed E-state index contributed by atoms with van der Waals surface area (Å²) in [7, 11) is -16.5. The third-order valence-corrected chi connectivity index (χ3v) is 3.89. The summed E-state index contributed by atoms with van der Waals surface area (Å²) in [6.07, 6.45) is 7.62. The van der Waals surface area contributed by atoms with Gasteiger partial charge in [0.25, 0.3) is 0 Å². The van der Waals surface area contributed by atoms with Gasteiger partial charge in [-0.15, -0.1) is 0 Å². The Balaban J connectivity index is -0.0000000400. The molecule has 0 saturated carbocycles. The van der Waals surface area contributed by atoms with Gasteiger partial charge in [-0.1, -0.05) is 12.2 Å². The van der Waals surface area contributed by atoms with Crippen molar-refractivity contribution >= 4 is 30.4 Å². The fourth-order valence-electron chi connectivity index (χ4n) is 0.905. The number of rotatable bonds is 2. The molecule has 0 amide bonds. The fraction of sp³-hybridized carbons (Fsp3) is 0.700. The van der Waals surface area contributed by atoms with Crippen molar-refractivity contribution in [3.8, 4) is 0 Å².